The molecule has 1 heterocycles. The zero-order valence-corrected chi connectivity index (χ0v) is 17.2. The molecular weight excluding hydrogens is 461 g/mol. The molecule has 1 amide bonds. The van der Waals surface area contributed by atoms with Crippen LogP contribution in [0.4, 0.5) is 8.78 Å². The van der Waals surface area contributed by atoms with E-state index in [2.05, 4.69) is 27.5 Å². The summed E-state index contributed by atoms with van der Waals surface area (Å²) >= 11 is 2.36. The quantitative estimate of drug-likeness (QED) is 0.345. The summed E-state index contributed by atoms with van der Waals surface area (Å²) in [4.78, 5) is 17.4. The molecule has 0 atom stereocenters. The largest absolute Gasteiger partial charge is 0.335 e. The van der Waals surface area contributed by atoms with Gasteiger partial charge in [-0.15, -0.1) is 0 Å². The van der Waals surface area contributed by atoms with E-state index < -0.39 is 0 Å². The highest BCUT2D eigenvalue weighted by molar-refractivity contribution is 14.1. The predicted molar refractivity (Wildman–Crippen MR) is 111 cm³/mol. The van der Waals surface area contributed by atoms with Crippen LogP contribution in [0.2, 0.25) is 0 Å². The fraction of sp³-hybridized carbons (Fsp3) is 0.381. The van der Waals surface area contributed by atoms with Crippen molar-refractivity contribution >= 4 is 28.5 Å². The molecule has 0 bridgehead atoms. The first kappa shape index (κ1) is 20.2. The molecule has 0 aromatic heterocycles. The topological polar surface area (TPSA) is 23.6 Å². The molecule has 2 aromatic carbocycles. The number of hydrogen-bond donors (Lipinski definition) is 0. The van der Waals surface area contributed by atoms with Crippen molar-refractivity contribution in [2.24, 2.45) is 0 Å². The van der Waals surface area contributed by atoms with E-state index in [9.17, 15) is 13.6 Å². The molecule has 3 rings (SSSR count). The minimum Gasteiger partial charge on any atom is -0.335 e. The van der Waals surface area contributed by atoms with Crippen LogP contribution in [0.1, 0.15) is 24.0 Å². The number of carbonyl (C=O) groups excluding carboxylic acids is 1. The lowest BCUT2D eigenvalue weighted by molar-refractivity contribution is -0.134. The third-order valence-electron chi connectivity index (χ3n) is 5.02. The van der Waals surface area contributed by atoms with Gasteiger partial charge in [-0.2, -0.15) is 0 Å². The maximum Gasteiger partial charge on any atom is 0.227 e. The Morgan fingerprint density at radius 2 is 1.48 bits per heavy atom. The number of rotatable bonds is 6. The van der Waals surface area contributed by atoms with Crippen LogP contribution in [-0.2, 0) is 17.8 Å². The molecule has 0 spiro atoms. The van der Waals surface area contributed by atoms with Crippen molar-refractivity contribution in [3.05, 3.63) is 71.3 Å². The molecule has 0 saturated carbocycles. The minimum absolute atomic E-state index is 0.0267. The van der Waals surface area contributed by atoms with Crippen molar-refractivity contribution in [2.75, 3.05) is 17.6 Å². The summed E-state index contributed by atoms with van der Waals surface area (Å²) in [5.74, 6) is -0.558. The van der Waals surface area contributed by atoms with Crippen LogP contribution in [0.3, 0.4) is 0 Å². The Labute approximate surface area is 172 Å². The van der Waals surface area contributed by atoms with E-state index in [1.807, 2.05) is 4.90 Å². The van der Waals surface area contributed by atoms with Crippen molar-refractivity contribution in [3.8, 4) is 0 Å². The number of nitrogens with zero attached hydrogens (tertiary/aromatic N) is 2. The van der Waals surface area contributed by atoms with Crippen LogP contribution < -0.4 is 0 Å². The van der Waals surface area contributed by atoms with Gasteiger partial charge in [0, 0.05) is 25.7 Å². The first-order chi connectivity index (χ1) is 13.0. The van der Waals surface area contributed by atoms with Crippen molar-refractivity contribution in [1.82, 2.24) is 9.80 Å². The number of likely N-dealkylation sites (tertiary alicyclic amines) is 1. The van der Waals surface area contributed by atoms with E-state index in [1.54, 1.807) is 24.3 Å². The first-order valence-electron chi connectivity index (χ1n) is 9.12. The summed E-state index contributed by atoms with van der Waals surface area (Å²) in [6.45, 7) is 2.41. The van der Waals surface area contributed by atoms with Crippen LogP contribution in [0.25, 0.3) is 0 Å². The number of piperidine rings is 1. The molecule has 0 N–H and O–H groups in total. The molecule has 6 heteroatoms. The number of alkyl halides is 1. The molecule has 144 valence electrons. The predicted octanol–water partition coefficient (Wildman–Crippen LogP) is 4.39. The second kappa shape index (κ2) is 9.59. The van der Waals surface area contributed by atoms with Gasteiger partial charge in [0.05, 0.1) is 11.0 Å². The van der Waals surface area contributed by atoms with E-state index in [-0.39, 0.29) is 30.0 Å². The first-order valence-corrected chi connectivity index (χ1v) is 10.6. The van der Waals surface area contributed by atoms with Crippen LogP contribution in [-0.4, -0.2) is 39.4 Å². The molecule has 0 radical (unpaired) electrons. The summed E-state index contributed by atoms with van der Waals surface area (Å²) in [6, 6.07) is 12.6. The highest BCUT2D eigenvalue weighted by atomic mass is 127. The number of hydrogen-bond acceptors (Lipinski definition) is 2. The maximum atomic E-state index is 13.2. The van der Waals surface area contributed by atoms with E-state index >= 15 is 0 Å². The molecule has 27 heavy (non-hydrogen) atoms. The summed E-state index contributed by atoms with van der Waals surface area (Å²) < 4.78 is 27.3. The van der Waals surface area contributed by atoms with Crippen molar-refractivity contribution in [1.29, 1.82) is 0 Å². The van der Waals surface area contributed by atoms with Crippen LogP contribution >= 0.6 is 22.6 Å². The lowest BCUT2D eigenvalue weighted by Gasteiger charge is -2.38. The van der Waals surface area contributed by atoms with E-state index in [1.165, 1.54) is 24.3 Å². The second-order valence-corrected chi connectivity index (χ2v) is 7.60. The minimum atomic E-state index is -0.305. The zero-order chi connectivity index (χ0) is 19.2. The van der Waals surface area contributed by atoms with Crippen LogP contribution in [0.15, 0.2) is 48.5 Å². The molecular formula is C21H23F2IN2O. The van der Waals surface area contributed by atoms with Crippen molar-refractivity contribution in [3.63, 3.8) is 0 Å². The standard InChI is InChI=1S/C21H23F2IN2O/c22-18-5-1-16(2-6-18)13-21(27)26(14-17-3-7-19(23)8-4-17)20-9-11-25(15-24)12-10-20/h1-8,20H,9-15H2. The molecule has 1 aliphatic rings. The smallest absolute Gasteiger partial charge is 0.227 e. The van der Waals surface area contributed by atoms with Crippen LogP contribution in [0.5, 0.6) is 0 Å². The monoisotopic (exact) mass is 484 g/mol. The van der Waals surface area contributed by atoms with Gasteiger partial charge in [-0.25, -0.2) is 8.78 Å². The van der Waals surface area contributed by atoms with Gasteiger partial charge in [0.1, 0.15) is 11.6 Å². The summed E-state index contributed by atoms with van der Waals surface area (Å²) in [5.41, 5.74) is 1.72. The number of benzene rings is 2. The summed E-state index contributed by atoms with van der Waals surface area (Å²) in [6.07, 6.45) is 2.10. The Bertz CT molecular complexity index is 744. The Balaban J connectivity index is 1.74. The van der Waals surface area contributed by atoms with E-state index in [0.717, 1.165) is 41.6 Å². The molecule has 3 nitrogen and oxygen atoms in total. The highest BCUT2D eigenvalue weighted by Crippen LogP contribution is 2.21. The number of carbonyl (C=O) groups is 1. The van der Waals surface area contributed by atoms with Crippen molar-refractivity contribution < 1.29 is 13.6 Å². The van der Waals surface area contributed by atoms with Gasteiger partial charge in [0.25, 0.3) is 0 Å². The van der Waals surface area contributed by atoms with Gasteiger partial charge in [-0.1, -0.05) is 46.9 Å². The average Bonchev–Trinajstić information content (AvgIpc) is 2.69. The van der Waals surface area contributed by atoms with Gasteiger partial charge in [0.15, 0.2) is 0 Å². The van der Waals surface area contributed by atoms with E-state index in [0.29, 0.717) is 6.54 Å². The average molecular weight is 484 g/mol. The SMILES string of the molecule is O=C(Cc1ccc(F)cc1)N(Cc1ccc(F)cc1)C1CCN(CI)CC1. The fourth-order valence-corrected chi connectivity index (χ4v) is 4.12. The fourth-order valence-electron chi connectivity index (χ4n) is 3.44. The highest BCUT2D eigenvalue weighted by Gasteiger charge is 2.27. The molecule has 0 aliphatic carbocycles. The Morgan fingerprint density at radius 1 is 0.963 bits per heavy atom. The Morgan fingerprint density at radius 3 is 2.00 bits per heavy atom. The van der Waals surface area contributed by atoms with Gasteiger partial charge in [-0.3, -0.25) is 9.69 Å². The number of halogens is 3. The van der Waals surface area contributed by atoms with Gasteiger partial charge in [-0.05, 0) is 48.2 Å². The van der Waals surface area contributed by atoms with Gasteiger partial charge in [0.2, 0.25) is 5.91 Å². The molecule has 2 aromatic rings. The third-order valence-corrected chi connectivity index (χ3v) is 5.99. The molecule has 1 aliphatic heterocycles. The third kappa shape index (κ3) is 5.72. The zero-order valence-electron chi connectivity index (χ0n) is 15.1. The summed E-state index contributed by atoms with van der Waals surface area (Å²) in [7, 11) is 0. The lowest BCUT2D eigenvalue weighted by atomic mass is 10.0. The molecule has 1 saturated heterocycles. The maximum absolute atomic E-state index is 13.2. The second-order valence-electron chi connectivity index (χ2n) is 6.92. The summed E-state index contributed by atoms with van der Waals surface area (Å²) in [5, 5.41) is 0. The van der Waals surface area contributed by atoms with Crippen molar-refractivity contribution in [2.45, 2.75) is 31.8 Å². The molecule has 0 unspecified atom stereocenters. The Hall–Kier alpha value is -1.54. The van der Waals surface area contributed by atoms with E-state index in [4.69, 9.17) is 0 Å². The van der Waals surface area contributed by atoms with Gasteiger partial charge >= 0.3 is 0 Å². The Kier molecular flexibility index (Phi) is 7.18. The lowest BCUT2D eigenvalue weighted by Crippen LogP contribution is -2.47. The number of amides is 1. The van der Waals surface area contributed by atoms with Gasteiger partial charge < -0.3 is 4.90 Å². The normalized spacial score (nSPS) is 15.7. The van der Waals surface area contributed by atoms with Crippen LogP contribution in [0, 0.1) is 11.6 Å². The molecule has 1 fully saturated rings.